The molecule has 0 unspecified atom stereocenters. The summed E-state index contributed by atoms with van der Waals surface area (Å²) in [6, 6.07) is 11.8. The van der Waals surface area contributed by atoms with Crippen molar-refractivity contribution in [2.45, 2.75) is 12.3 Å². The van der Waals surface area contributed by atoms with E-state index in [1.165, 1.54) is 10.4 Å². The van der Waals surface area contributed by atoms with Crippen LogP contribution in [0.25, 0.3) is 0 Å². The van der Waals surface area contributed by atoms with E-state index in [9.17, 15) is 4.79 Å². The van der Waals surface area contributed by atoms with Crippen molar-refractivity contribution in [3.05, 3.63) is 57.8 Å². The minimum atomic E-state index is -0.0147. The summed E-state index contributed by atoms with van der Waals surface area (Å²) in [6.07, 6.45) is 2.07. The third-order valence-electron chi connectivity index (χ3n) is 2.53. The summed E-state index contributed by atoms with van der Waals surface area (Å²) in [5.41, 5.74) is 1.97. The molecule has 4 heteroatoms. The van der Waals surface area contributed by atoms with Crippen molar-refractivity contribution < 1.29 is 4.79 Å². The maximum Gasteiger partial charge on any atom is 0.251 e. The Balaban J connectivity index is 1.92. The zero-order valence-electron chi connectivity index (χ0n) is 10.2. The van der Waals surface area contributed by atoms with Crippen LogP contribution < -0.4 is 5.32 Å². The van der Waals surface area contributed by atoms with Gasteiger partial charge in [-0.1, -0.05) is 18.2 Å². The fourth-order valence-electron chi connectivity index (χ4n) is 1.60. The summed E-state index contributed by atoms with van der Waals surface area (Å²) in [4.78, 5) is 13.1. The predicted molar refractivity (Wildman–Crippen MR) is 79.2 cm³/mol. The van der Waals surface area contributed by atoms with Crippen molar-refractivity contribution in [1.29, 1.82) is 0 Å². The number of thioether (sulfide) groups is 1. The molecule has 18 heavy (non-hydrogen) atoms. The van der Waals surface area contributed by atoms with E-state index in [2.05, 4.69) is 11.6 Å². The maximum atomic E-state index is 11.9. The summed E-state index contributed by atoms with van der Waals surface area (Å²) in [5.74, 6) is 0.969. The molecular formula is C14H15NOS2. The molecule has 0 aliphatic carbocycles. The van der Waals surface area contributed by atoms with Gasteiger partial charge in [0.25, 0.3) is 5.91 Å². The number of nitrogens with one attached hydrogen (secondary N) is 1. The number of carbonyl (C=O) groups is 1. The van der Waals surface area contributed by atoms with Gasteiger partial charge in [0.05, 0.1) is 6.54 Å². The lowest BCUT2D eigenvalue weighted by Gasteiger charge is -2.04. The SMILES string of the molecule is CSCc1ccc(C(=O)NCc2cccs2)cc1. The Labute approximate surface area is 115 Å². The van der Waals surface area contributed by atoms with Gasteiger partial charge in [-0.3, -0.25) is 4.79 Å². The molecule has 0 saturated carbocycles. The minimum absolute atomic E-state index is 0.0147. The number of carbonyl (C=O) groups excluding carboxylic acids is 1. The Bertz CT molecular complexity index is 491. The van der Waals surface area contributed by atoms with Crippen molar-refractivity contribution in [3.63, 3.8) is 0 Å². The first-order chi connectivity index (χ1) is 8.79. The molecule has 0 aliphatic heterocycles. The van der Waals surface area contributed by atoms with Crippen LogP contribution in [0, 0.1) is 0 Å². The van der Waals surface area contributed by atoms with E-state index in [-0.39, 0.29) is 5.91 Å². The zero-order valence-corrected chi connectivity index (χ0v) is 11.8. The van der Waals surface area contributed by atoms with Gasteiger partial charge >= 0.3 is 0 Å². The Morgan fingerprint density at radius 3 is 2.67 bits per heavy atom. The van der Waals surface area contributed by atoms with Gasteiger partial charge in [0.15, 0.2) is 0 Å². The van der Waals surface area contributed by atoms with Crippen LogP contribution in [0.5, 0.6) is 0 Å². The fourth-order valence-corrected chi connectivity index (χ4v) is 2.77. The Kier molecular flexibility index (Phi) is 4.84. The Morgan fingerprint density at radius 1 is 1.28 bits per heavy atom. The summed E-state index contributed by atoms with van der Waals surface area (Å²) in [7, 11) is 0. The van der Waals surface area contributed by atoms with Crippen molar-refractivity contribution in [2.75, 3.05) is 6.26 Å². The third kappa shape index (κ3) is 3.62. The average molecular weight is 277 g/mol. The molecule has 0 aliphatic rings. The predicted octanol–water partition coefficient (Wildman–Crippen LogP) is 3.54. The van der Waals surface area contributed by atoms with Crippen LogP contribution in [0.3, 0.4) is 0 Å². The van der Waals surface area contributed by atoms with Crippen LogP contribution in [0.4, 0.5) is 0 Å². The molecule has 0 saturated heterocycles. The lowest BCUT2D eigenvalue weighted by atomic mass is 10.1. The van der Waals surface area contributed by atoms with E-state index in [4.69, 9.17) is 0 Å². The fraction of sp³-hybridized carbons (Fsp3) is 0.214. The smallest absolute Gasteiger partial charge is 0.251 e. The van der Waals surface area contributed by atoms with Crippen molar-refractivity contribution in [2.24, 2.45) is 0 Å². The van der Waals surface area contributed by atoms with E-state index in [1.807, 2.05) is 41.8 Å². The standard InChI is InChI=1S/C14H15NOS2/c1-17-10-11-4-6-12(7-5-11)14(16)15-9-13-3-2-8-18-13/h2-8H,9-10H2,1H3,(H,15,16). The first-order valence-electron chi connectivity index (χ1n) is 5.68. The number of hydrogen-bond acceptors (Lipinski definition) is 3. The molecule has 1 amide bonds. The first kappa shape index (κ1) is 13.2. The summed E-state index contributed by atoms with van der Waals surface area (Å²) in [6.45, 7) is 0.600. The van der Waals surface area contributed by atoms with Gasteiger partial charge in [0, 0.05) is 16.2 Å². The highest BCUT2D eigenvalue weighted by atomic mass is 32.2. The molecule has 2 nitrogen and oxygen atoms in total. The van der Waals surface area contributed by atoms with E-state index in [1.54, 1.807) is 23.1 Å². The second kappa shape index (κ2) is 6.61. The van der Waals surface area contributed by atoms with Gasteiger partial charge in [0.2, 0.25) is 0 Å². The molecule has 0 radical (unpaired) electrons. The first-order valence-corrected chi connectivity index (χ1v) is 7.95. The number of hydrogen-bond donors (Lipinski definition) is 1. The summed E-state index contributed by atoms with van der Waals surface area (Å²) in [5, 5.41) is 4.93. The minimum Gasteiger partial charge on any atom is -0.347 e. The number of benzene rings is 1. The maximum absolute atomic E-state index is 11.9. The third-order valence-corrected chi connectivity index (χ3v) is 4.03. The average Bonchev–Trinajstić information content (AvgIpc) is 2.90. The molecule has 0 bridgehead atoms. The van der Waals surface area contributed by atoms with Crippen LogP contribution in [0.2, 0.25) is 0 Å². The van der Waals surface area contributed by atoms with Crippen LogP contribution in [-0.2, 0) is 12.3 Å². The summed E-state index contributed by atoms with van der Waals surface area (Å²) < 4.78 is 0. The lowest BCUT2D eigenvalue weighted by Crippen LogP contribution is -2.22. The molecule has 0 atom stereocenters. The molecule has 0 spiro atoms. The van der Waals surface area contributed by atoms with Crippen molar-refractivity contribution in [1.82, 2.24) is 5.32 Å². The second-order valence-electron chi connectivity index (χ2n) is 3.89. The topological polar surface area (TPSA) is 29.1 Å². The van der Waals surface area contributed by atoms with Gasteiger partial charge in [0.1, 0.15) is 0 Å². The van der Waals surface area contributed by atoms with E-state index >= 15 is 0 Å². The van der Waals surface area contributed by atoms with Crippen LogP contribution in [0.1, 0.15) is 20.8 Å². The van der Waals surface area contributed by atoms with Gasteiger partial charge in [-0.25, -0.2) is 0 Å². The van der Waals surface area contributed by atoms with Crippen molar-refractivity contribution >= 4 is 29.0 Å². The van der Waals surface area contributed by atoms with E-state index < -0.39 is 0 Å². The van der Waals surface area contributed by atoms with Crippen LogP contribution in [-0.4, -0.2) is 12.2 Å². The van der Waals surface area contributed by atoms with Gasteiger partial charge in [-0.15, -0.1) is 11.3 Å². The van der Waals surface area contributed by atoms with E-state index in [0.717, 1.165) is 11.3 Å². The quantitative estimate of drug-likeness (QED) is 0.905. The highest BCUT2D eigenvalue weighted by molar-refractivity contribution is 7.97. The monoisotopic (exact) mass is 277 g/mol. The molecular weight excluding hydrogens is 262 g/mol. The Hall–Kier alpha value is -1.26. The molecule has 94 valence electrons. The lowest BCUT2D eigenvalue weighted by molar-refractivity contribution is 0.0951. The largest absolute Gasteiger partial charge is 0.347 e. The van der Waals surface area contributed by atoms with Gasteiger partial charge in [-0.05, 0) is 35.4 Å². The number of thiophene rings is 1. The highest BCUT2D eigenvalue weighted by Gasteiger charge is 2.05. The van der Waals surface area contributed by atoms with Crippen LogP contribution >= 0.6 is 23.1 Å². The molecule has 1 aromatic heterocycles. The van der Waals surface area contributed by atoms with Crippen LogP contribution in [0.15, 0.2) is 41.8 Å². The molecule has 1 aromatic carbocycles. The molecule has 2 rings (SSSR count). The molecule has 0 fully saturated rings. The Morgan fingerprint density at radius 2 is 2.06 bits per heavy atom. The second-order valence-corrected chi connectivity index (χ2v) is 5.79. The molecule has 1 heterocycles. The zero-order chi connectivity index (χ0) is 12.8. The molecule has 2 aromatic rings. The number of rotatable bonds is 5. The van der Waals surface area contributed by atoms with Crippen molar-refractivity contribution in [3.8, 4) is 0 Å². The molecule has 1 N–H and O–H groups in total. The van der Waals surface area contributed by atoms with E-state index in [0.29, 0.717) is 6.54 Å². The van der Waals surface area contributed by atoms with Gasteiger partial charge < -0.3 is 5.32 Å². The summed E-state index contributed by atoms with van der Waals surface area (Å²) >= 11 is 3.43. The normalized spacial score (nSPS) is 10.3. The number of amides is 1. The highest BCUT2D eigenvalue weighted by Crippen LogP contribution is 2.11. The van der Waals surface area contributed by atoms with Gasteiger partial charge in [-0.2, -0.15) is 11.8 Å².